The molecule has 0 aliphatic carbocycles. The van der Waals surface area contributed by atoms with Crippen LogP contribution in [0.1, 0.15) is 6.92 Å². The summed E-state index contributed by atoms with van der Waals surface area (Å²) in [7, 11) is 0. The number of nitrogens with zero attached hydrogens (tertiary/aromatic N) is 3. The highest BCUT2D eigenvalue weighted by Gasteiger charge is 1.93. The fraction of sp³-hybridized carbons (Fsp3) is 0.600. The molecular formula is C5H10N4. The Labute approximate surface area is 53.7 Å². The lowest BCUT2D eigenvalue weighted by atomic mass is 10.4. The third-order valence-electron chi connectivity index (χ3n) is 0.965. The number of aromatic nitrogens is 3. The van der Waals surface area contributed by atoms with Gasteiger partial charge in [0.25, 0.3) is 0 Å². The van der Waals surface area contributed by atoms with Crippen molar-refractivity contribution in [2.75, 3.05) is 0 Å². The Morgan fingerprint density at radius 3 is 2.56 bits per heavy atom. The lowest BCUT2D eigenvalue weighted by Crippen LogP contribution is -2.21. The van der Waals surface area contributed by atoms with Crippen LogP contribution in [0.5, 0.6) is 0 Å². The zero-order chi connectivity index (χ0) is 6.69. The molecular weight excluding hydrogens is 116 g/mol. The van der Waals surface area contributed by atoms with E-state index in [0.29, 0.717) is 0 Å². The minimum atomic E-state index is 0.168. The second kappa shape index (κ2) is 2.59. The summed E-state index contributed by atoms with van der Waals surface area (Å²) in [5.41, 5.74) is 5.51. The standard InChI is InChI=1S/C5H10N4/c1-5(6)2-9-3-7-8-4-9/h3-5H,2,6H2,1H3/t5-/m1/s1. The molecule has 1 aromatic heterocycles. The maximum Gasteiger partial charge on any atom is 0.119 e. The number of hydrogen-bond acceptors (Lipinski definition) is 3. The van der Waals surface area contributed by atoms with E-state index in [0.717, 1.165) is 6.54 Å². The SMILES string of the molecule is C[C@@H](N)Cn1cnnc1. The molecule has 1 atom stereocenters. The van der Waals surface area contributed by atoms with E-state index in [9.17, 15) is 0 Å². The van der Waals surface area contributed by atoms with E-state index in [1.54, 1.807) is 12.7 Å². The Kier molecular flexibility index (Phi) is 1.79. The molecule has 0 amide bonds. The first-order valence-electron chi connectivity index (χ1n) is 2.87. The van der Waals surface area contributed by atoms with Crippen molar-refractivity contribution < 1.29 is 0 Å². The minimum Gasteiger partial charge on any atom is -0.326 e. The van der Waals surface area contributed by atoms with Crippen LogP contribution >= 0.6 is 0 Å². The van der Waals surface area contributed by atoms with Gasteiger partial charge in [-0.2, -0.15) is 0 Å². The van der Waals surface area contributed by atoms with Crippen LogP contribution in [-0.4, -0.2) is 20.8 Å². The zero-order valence-electron chi connectivity index (χ0n) is 5.36. The van der Waals surface area contributed by atoms with Crippen molar-refractivity contribution in [3.63, 3.8) is 0 Å². The quantitative estimate of drug-likeness (QED) is 0.588. The van der Waals surface area contributed by atoms with E-state index in [-0.39, 0.29) is 6.04 Å². The topological polar surface area (TPSA) is 56.7 Å². The Hall–Kier alpha value is -0.900. The molecule has 0 bridgehead atoms. The number of hydrogen-bond donors (Lipinski definition) is 1. The highest BCUT2D eigenvalue weighted by molar-refractivity contribution is 4.63. The molecule has 2 N–H and O–H groups in total. The summed E-state index contributed by atoms with van der Waals surface area (Å²) in [6.45, 7) is 2.73. The summed E-state index contributed by atoms with van der Waals surface area (Å²) in [4.78, 5) is 0. The second-order valence-electron chi connectivity index (χ2n) is 2.14. The van der Waals surface area contributed by atoms with Gasteiger partial charge in [-0.15, -0.1) is 10.2 Å². The van der Waals surface area contributed by atoms with Gasteiger partial charge in [0.15, 0.2) is 0 Å². The van der Waals surface area contributed by atoms with Gasteiger partial charge in [-0.1, -0.05) is 0 Å². The van der Waals surface area contributed by atoms with Crippen molar-refractivity contribution in [3.8, 4) is 0 Å². The van der Waals surface area contributed by atoms with Gasteiger partial charge >= 0.3 is 0 Å². The molecule has 0 spiro atoms. The average molecular weight is 126 g/mol. The lowest BCUT2D eigenvalue weighted by molar-refractivity contribution is 0.588. The first-order chi connectivity index (χ1) is 4.29. The fourth-order valence-electron chi connectivity index (χ4n) is 0.649. The Bertz CT molecular complexity index is 155. The van der Waals surface area contributed by atoms with E-state index in [1.807, 2.05) is 11.5 Å². The zero-order valence-corrected chi connectivity index (χ0v) is 5.36. The molecule has 0 aliphatic heterocycles. The van der Waals surface area contributed by atoms with Gasteiger partial charge in [0.1, 0.15) is 12.7 Å². The van der Waals surface area contributed by atoms with Gasteiger partial charge in [0, 0.05) is 12.6 Å². The Balaban J connectivity index is 2.48. The third kappa shape index (κ3) is 1.81. The molecule has 0 saturated carbocycles. The predicted octanol–water partition coefficient (Wildman–Crippen LogP) is -0.375. The van der Waals surface area contributed by atoms with Crippen molar-refractivity contribution in [1.82, 2.24) is 14.8 Å². The summed E-state index contributed by atoms with van der Waals surface area (Å²) in [6.07, 6.45) is 3.31. The van der Waals surface area contributed by atoms with Crippen LogP contribution < -0.4 is 5.73 Å². The maximum absolute atomic E-state index is 5.51. The van der Waals surface area contributed by atoms with Crippen LogP contribution in [-0.2, 0) is 6.54 Å². The number of nitrogens with two attached hydrogens (primary N) is 1. The van der Waals surface area contributed by atoms with Gasteiger partial charge in [-0.05, 0) is 6.92 Å². The molecule has 4 nitrogen and oxygen atoms in total. The summed E-state index contributed by atoms with van der Waals surface area (Å²) < 4.78 is 1.85. The van der Waals surface area contributed by atoms with E-state index in [4.69, 9.17) is 5.73 Å². The van der Waals surface area contributed by atoms with Crippen molar-refractivity contribution in [1.29, 1.82) is 0 Å². The molecule has 1 rings (SSSR count). The smallest absolute Gasteiger partial charge is 0.119 e. The molecule has 50 valence electrons. The van der Waals surface area contributed by atoms with Gasteiger partial charge < -0.3 is 10.3 Å². The second-order valence-corrected chi connectivity index (χ2v) is 2.14. The molecule has 9 heavy (non-hydrogen) atoms. The van der Waals surface area contributed by atoms with Crippen molar-refractivity contribution in [2.24, 2.45) is 5.73 Å². The fourth-order valence-corrected chi connectivity index (χ4v) is 0.649. The lowest BCUT2D eigenvalue weighted by Gasteiger charge is -2.02. The molecule has 0 saturated heterocycles. The highest BCUT2D eigenvalue weighted by Crippen LogP contribution is 1.84. The molecule has 1 heterocycles. The van der Waals surface area contributed by atoms with Crippen molar-refractivity contribution >= 4 is 0 Å². The molecule has 4 heteroatoms. The summed E-state index contributed by atoms with van der Waals surface area (Å²) in [6, 6.07) is 0.168. The van der Waals surface area contributed by atoms with Crippen molar-refractivity contribution in [2.45, 2.75) is 19.5 Å². The summed E-state index contributed by atoms with van der Waals surface area (Å²) in [5.74, 6) is 0. The monoisotopic (exact) mass is 126 g/mol. The van der Waals surface area contributed by atoms with Gasteiger partial charge in [0.05, 0.1) is 0 Å². The predicted molar refractivity (Wildman–Crippen MR) is 33.7 cm³/mol. The average Bonchev–Trinajstić information content (AvgIpc) is 2.15. The van der Waals surface area contributed by atoms with E-state index in [1.165, 1.54) is 0 Å². The van der Waals surface area contributed by atoms with Crippen LogP contribution in [0.4, 0.5) is 0 Å². The molecule has 0 radical (unpaired) electrons. The third-order valence-corrected chi connectivity index (χ3v) is 0.965. The van der Waals surface area contributed by atoms with E-state index < -0.39 is 0 Å². The summed E-state index contributed by atoms with van der Waals surface area (Å²) >= 11 is 0. The van der Waals surface area contributed by atoms with Crippen LogP contribution in [0.25, 0.3) is 0 Å². The maximum atomic E-state index is 5.51. The van der Waals surface area contributed by atoms with Gasteiger partial charge in [-0.3, -0.25) is 0 Å². The summed E-state index contributed by atoms with van der Waals surface area (Å²) in [5, 5.41) is 7.27. The van der Waals surface area contributed by atoms with Gasteiger partial charge in [0.2, 0.25) is 0 Å². The molecule has 1 aromatic rings. The first kappa shape index (κ1) is 6.22. The molecule has 0 aliphatic rings. The largest absolute Gasteiger partial charge is 0.326 e. The van der Waals surface area contributed by atoms with Crippen LogP contribution in [0, 0.1) is 0 Å². The molecule has 0 unspecified atom stereocenters. The normalized spacial score (nSPS) is 13.6. The molecule has 0 fully saturated rings. The van der Waals surface area contributed by atoms with Crippen LogP contribution in [0.15, 0.2) is 12.7 Å². The van der Waals surface area contributed by atoms with E-state index in [2.05, 4.69) is 10.2 Å². The van der Waals surface area contributed by atoms with Crippen LogP contribution in [0.2, 0.25) is 0 Å². The van der Waals surface area contributed by atoms with Crippen LogP contribution in [0.3, 0.4) is 0 Å². The molecule has 0 aromatic carbocycles. The highest BCUT2D eigenvalue weighted by atomic mass is 15.2. The minimum absolute atomic E-state index is 0.168. The number of rotatable bonds is 2. The van der Waals surface area contributed by atoms with Crippen molar-refractivity contribution in [3.05, 3.63) is 12.7 Å². The Morgan fingerprint density at radius 1 is 1.56 bits per heavy atom. The first-order valence-corrected chi connectivity index (χ1v) is 2.87. The Morgan fingerprint density at radius 2 is 2.11 bits per heavy atom. The van der Waals surface area contributed by atoms with E-state index >= 15 is 0 Å². The van der Waals surface area contributed by atoms with Gasteiger partial charge in [-0.25, -0.2) is 0 Å².